The first-order valence-electron chi connectivity index (χ1n) is 7.28. The van der Waals surface area contributed by atoms with Crippen LogP contribution in [-0.2, 0) is 19.4 Å². The highest BCUT2D eigenvalue weighted by molar-refractivity contribution is 7.10. The van der Waals surface area contributed by atoms with Crippen molar-refractivity contribution in [2.45, 2.75) is 32.7 Å². The van der Waals surface area contributed by atoms with Gasteiger partial charge in [0.05, 0.1) is 0 Å². The summed E-state index contributed by atoms with van der Waals surface area (Å²) in [5.41, 5.74) is 8.66. The van der Waals surface area contributed by atoms with Crippen LogP contribution in [0.1, 0.15) is 39.8 Å². The standard InChI is InChI=1S/C16H19N3OS/c1-2-3-13-8-12(9-15(17)18-13)16(20)19-6-4-14-11(10-19)5-7-21-14/h5,7-9H,2-4,6,10H2,1H3,(H2,17,18). The third-order valence-electron chi connectivity index (χ3n) is 3.75. The van der Waals surface area contributed by atoms with Crippen molar-refractivity contribution in [2.24, 2.45) is 0 Å². The molecule has 110 valence electrons. The average Bonchev–Trinajstić information content (AvgIpc) is 2.93. The summed E-state index contributed by atoms with van der Waals surface area (Å²) in [4.78, 5) is 20.3. The molecule has 1 aliphatic heterocycles. The normalized spacial score (nSPS) is 14.0. The minimum absolute atomic E-state index is 0.0540. The first-order valence-corrected chi connectivity index (χ1v) is 8.16. The van der Waals surface area contributed by atoms with Crippen LogP contribution in [0.4, 0.5) is 5.82 Å². The fraction of sp³-hybridized carbons (Fsp3) is 0.375. The molecule has 1 amide bonds. The van der Waals surface area contributed by atoms with Crippen molar-refractivity contribution in [1.29, 1.82) is 0 Å². The lowest BCUT2D eigenvalue weighted by Crippen LogP contribution is -2.35. The highest BCUT2D eigenvalue weighted by Gasteiger charge is 2.23. The molecule has 5 heteroatoms. The van der Waals surface area contributed by atoms with E-state index in [2.05, 4.69) is 23.4 Å². The van der Waals surface area contributed by atoms with Gasteiger partial charge in [0, 0.05) is 29.2 Å². The number of pyridine rings is 1. The molecule has 0 spiro atoms. The van der Waals surface area contributed by atoms with Crippen molar-refractivity contribution in [2.75, 3.05) is 12.3 Å². The molecule has 1 aliphatic rings. The zero-order valence-electron chi connectivity index (χ0n) is 12.1. The van der Waals surface area contributed by atoms with E-state index in [1.165, 1.54) is 10.4 Å². The Bertz CT molecular complexity index is 665. The third kappa shape index (κ3) is 2.93. The minimum atomic E-state index is 0.0540. The summed E-state index contributed by atoms with van der Waals surface area (Å²) < 4.78 is 0. The lowest BCUT2D eigenvalue weighted by atomic mass is 10.1. The molecule has 0 saturated heterocycles. The number of nitrogen functional groups attached to an aromatic ring is 1. The number of amides is 1. The number of hydrogen-bond donors (Lipinski definition) is 1. The summed E-state index contributed by atoms with van der Waals surface area (Å²) in [5, 5.41) is 2.10. The molecule has 0 radical (unpaired) electrons. The smallest absolute Gasteiger partial charge is 0.254 e. The summed E-state index contributed by atoms with van der Waals surface area (Å²) in [7, 11) is 0. The molecule has 2 N–H and O–H groups in total. The van der Waals surface area contributed by atoms with Crippen LogP contribution < -0.4 is 5.73 Å². The molecule has 3 rings (SSSR count). The number of nitrogens with two attached hydrogens (primary N) is 1. The van der Waals surface area contributed by atoms with Crippen molar-refractivity contribution in [1.82, 2.24) is 9.88 Å². The van der Waals surface area contributed by atoms with E-state index < -0.39 is 0 Å². The molecule has 4 nitrogen and oxygen atoms in total. The SMILES string of the molecule is CCCc1cc(C(=O)N2CCc3sccc3C2)cc(N)n1. The number of aromatic nitrogens is 1. The fourth-order valence-electron chi connectivity index (χ4n) is 2.72. The Morgan fingerprint density at radius 2 is 2.33 bits per heavy atom. The van der Waals surface area contributed by atoms with E-state index in [1.807, 2.05) is 11.0 Å². The van der Waals surface area contributed by atoms with Gasteiger partial charge in [-0.2, -0.15) is 0 Å². The van der Waals surface area contributed by atoms with E-state index in [-0.39, 0.29) is 5.91 Å². The van der Waals surface area contributed by atoms with Gasteiger partial charge in [-0.15, -0.1) is 11.3 Å². The fourth-order valence-corrected chi connectivity index (χ4v) is 3.61. The van der Waals surface area contributed by atoms with E-state index in [0.717, 1.165) is 31.5 Å². The van der Waals surface area contributed by atoms with Crippen LogP contribution in [0, 0.1) is 0 Å². The number of thiophene rings is 1. The average molecular weight is 301 g/mol. The number of anilines is 1. The lowest BCUT2D eigenvalue weighted by Gasteiger charge is -2.27. The summed E-state index contributed by atoms with van der Waals surface area (Å²) >= 11 is 1.78. The molecule has 0 aromatic carbocycles. The molecule has 0 saturated carbocycles. The number of hydrogen-bond acceptors (Lipinski definition) is 4. The predicted octanol–water partition coefficient (Wildman–Crippen LogP) is 2.88. The van der Waals surface area contributed by atoms with E-state index in [1.54, 1.807) is 17.4 Å². The lowest BCUT2D eigenvalue weighted by molar-refractivity contribution is 0.0735. The van der Waals surface area contributed by atoms with Gasteiger partial charge < -0.3 is 10.6 Å². The summed E-state index contributed by atoms with van der Waals surface area (Å²) in [5.74, 6) is 0.482. The van der Waals surface area contributed by atoms with E-state index in [0.29, 0.717) is 17.9 Å². The summed E-state index contributed by atoms with van der Waals surface area (Å²) in [6, 6.07) is 5.68. The van der Waals surface area contributed by atoms with Gasteiger partial charge in [0.1, 0.15) is 5.82 Å². The maximum Gasteiger partial charge on any atom is 0.254 e. The van der Waals surface area contributed by atoms with Gasteiger partial charge in [-0.3, -0.25) is 4.79 Å². The van der Waals surface area contributed by atoms with E-state index in [9.17, 15) is 4.79 Å². The Balaban J connectivity index is 1.82. The molecule has 0 bridgehead atoms. The predicted molar refractivity (Wildman–Crippen MR) is 85.4 cm³/mol. The van der Waals surface area contributed by atoms with Crippen molar-refractivity contribution in [3.8, 4) is 0 Å². The largest absolute Gasteiger partial charge is 0.384 e. The topological polar surface area (TPSA) is 59.2 Å². The van der Waals surface area contributed by atoms with Crippen LogP contribution in [0.15, 0.2) is 23.6 Å². The number of aryl methyl sites for hydroxylation is 1. The first-order chi connectivity index (χ1) is 10.2. The first kappa shape index (κ1) is 14.1. The molecular weight excluding hydrogens is 282 g/mol. The maximum absolute atomic E-state index is 12.7. The summed E-state index contributed by atoms with van der Waals surface area (Å²) in [6.07, 6.45) is 2.78. The molecule has 2 aromatic rings. The molecular formula is C16H19N3OS. The van der Waals surface area contributed by atoms with Crippen molar-refractivity contribution < 1.29 is 4.79 Å². The Morgan fingerprint density at radius 1 is 1.48 bits per heavy atom. The van der Waals surface area contributed by atoms with Crippen LogP contribution >= 0.6 is 11.3 Å². The molecule has 0 atom stereocenters. The second-order valence-corrected chi connectivity index (χ2v) is 6.37. The number of carbonyl (C=O) groups excluding carboxylic acids is 1. The van der Waals surface area contributed by atoms with Crippen molar-refractivity contribution in [3.63, 3.8) is 0 Å². The third-order valence-corrected chi connectivity index (χ3v) is 4.77. The minimum Gasteiger partial charge on any atom is -0.384 e. The van der Waals surface area contributed by atoms with Crippen LogP contribution in [0.2, 0.25) is 0 Å². The van der Waals surface area contributed by atoms with Gasteiger partial charge in [-0.1, -0.05) is 13.3 Å². The van der Waals surface area contributed by atoms with E-state index in [4.69, 9.17) is 5.73 Å². The Morgan fingerprint density at radius 3 is 3.14 bits per heavy atom. The number of carbonyl (C=O) groups is 1. The zero-order valence-corrected chi connectivity index (χ0v) is 12.9. The Hall–Kier alpha value is -1.88. The molecule has 0 aliphatic carbocycles. The maximum atomic E-state index is 12.7. The summed E-state index contributed by atoms with van der Waals surface area (Å²) in [6.45, 7) is 3.57. The van der Waals surface area contributed by atoms with Crippen molar-refractivity contribution >= 4 is 23.1 Å². The van der Waals surface area contributed by atoms with Crippen LogP contribution in [0.25, 0.3) is 0 Å². The van der Waals surface area contributed by atoms with Crippen molar-refractivity contribution in [3.05, 3.63) is 45.3 Å². The second-order valence-electron chi connectivity index (χ2n) is 5.37. The zero-order chi connectivity index (χ0) is 14.8. The highest BCUT2D eigenvalue weighted by Crippen LogP contribution is 2.25. The number of rotatable bonds is 3. The molecule has 3 heterocycles. The van der Waals surface area contributed by atoms with Crippen LogP contribution in [-0.4, -0.2) is 22.3 Å². The van der Waals surface area contributed by atoms with Gasteiger partial charge in [0.25, 0.3) is 5.91 Å². The monoisotopic (exact) mass is 301 g/mol. The quantitative estimate of drug-likeness (QED) is 0.948. The molecule has 2 aromatic heterocycles. The number of fused-ring (bicyclic) bond motifs is 1. The Kier molecular flexibility index (Phi) is 3.92. The molecule has 0 unspecified atom stereocenters. The second kappa shape index (κ2) is 5.85. The van der Waals surface area contributed by atoms with Crippen LogP contribution in [0.5, 0.6) is 0 Å². The Labute approximate surface area is 128 Å². The molecule has 0 fully saturated rings. The van der Waals surface area contributed by atoms with Crippen LogP contribution in [0.3, 0.4) is 0 Å². The highest BCUT2D eigenvalue weighted by atomic mass is 32.1. The van der Waals surface area contributed by atoms with Gasteiger partial charge in [-0.25, -0.2) is 4.98 Å². The number of nitrogens with zero attached hydrogens (tertiary/aromatic N) is 2. The molecule has 21 heavy (non-hydrogen) atoms. The van der Waals surface area contributed by atoms with Gasteiger partial charge >= 0.3 is 0 Å². The van der Waals surface area contributed by atoms with Gasteiger partial charge in [-0.05, 0) is 42.0 Å². The van der Waals surface area contributed by atoms with Gasteiger partial charge in [0.2, 0.25) is 0 Å². The van der Waals surface area contributed by atoms with E-state index >= 15 is 0 Å². The van der Waals surface area contributed by atoms with Gasteiger partial charge in [0.15, 0.2) is 0 Å².